The minimum Gasteiger partial charge on any atom is -0.377 e. The third-order valence-electron chi connectivity index (χ3n) is 2.71. The molecular formula is C15H36N2O3Si. The Labute approximate surface area is 131 Å². The Morgan fingerprint density at radius 2 is 1.62 bits per heavy atom. The van der Waals surface area contributed by atoms with Gasteiger partial charge in [-0.15, -0.1) is 0 Å². The first-order chi connectivity index (χ1) is 9.70. The lowest BCUT2D eigenvalue weighted by atomic mass is 10.4. The highest BCUT2D eigenvalue weighted by Crippen LogP contribution is 1.98. The largest absolute Gasteiger partial charge is 0.377 e. The summed E-state index contributed by atoms with van der Waals surface area (Å²) in [6.07, 6.45) is 1.21. The van der Waals surface area contributed by atoms with E-state index >= 15 is 0 Å². The van der Waals surface area contributed by atoms with Crippen molar-refractivity contribution in [2.75, 3.05) is 39.2 Å². The molecule has 0 fully saturated rings. The number of hydrogen-bond acceptors (Lipinski definition) is 5. The molecule has 0 aliphatic carbocycles. The summed E-state index contributed by atoms with van der Waals surface area (Å²) in [5.74, 6) is 0. The second-order valence-corrected chi connectivity index (χ2v) is 12.6. The second kappa shape index (κ2) is 11.6. The first-order valence-corrected chi connectivity index (χ1v) is 11.7. The smallest absolute Gasteiger partial charge is 0.0781 e. The molecule has 0 aliphatic heterocycles. The molecule has 0 aromatic rings. The quantitative estimate of drug-likeness (QED) is 0.399. The summed E-state index contributed by atoms with van der Waals surface area (Å²) >= 11 is 0. The average molecular weight is 321 g/mol. The van der Waals surface area contributed by atoms with Crippen molar-refractivity contribution in [1.82, 2.24) is 5.32 Å². The Bertz CT molecular complexity index is 248. The van der Waals surface area contributed by atoms with Crippen LogP contribution in [0.5, 0.6) is 0 Å². The van der Waals surface area contributed by atoms with E-state index in [1.165, 1.54) is 0 Å². The Morgan fingerprint density at radius 1 is 0.952 bits per heavy atom. The van der Waals surface area contributed by atoms with Crippen LogP contribution < -0.4 is 11.1 Å². The van der Waals surface area contributed by atoms with Crippen molar-refractivity contribution in [2.24, 2.45) is 5.73 Å². The SMILES string of the molecule is CC(N)COCC(C)OCCOCC(C)NC[Si](C)(C)C. The van der Waals surface area contributed by atoms with Crippen molar-refractivity contribution in [3.05, 3.63) is 0 Å². The number of nitrogens with two attached hydrogens (primary N) is 1. The summed E-state index contributed by atoms with van der Waals surface area (Å²) < 4.78 is 16.7. The summed E-state index contributed by atoms with van der Waals surface area (Å²) in [4.78, 5) is 0. The molecule has 3 unspecified atom stereocenters. The first kappa shape index (κ1) is 21.0. The molecule has 0 spiro atoms. The standard InChI is InChI=1S/C15H36N2O3Si/c1-13(16)9-19-11-15(3)20-8-7-18-10-14(2)17-12-21(4,5)6/h13-15,17H,7-12,16H2,1-6H3. The normalized spacial score (nSPS) is 16.7. The fourth-order valence-corrected chi connectivity index (χ4v) is 2.54. The third kappa shape index (κ3) is 16.2. The van der Waals surface area contributed by atoms with Crippen LogP contribution in [0.4, 0.5) is 0 Å². The summed E-state index contributed by atoms with van der Waals surface area (Å²) in [6.45, 7) is 16.3. The zero-order valence-corrected chi connectivity index (χ0v) is 15.8. The highest BCUT2D eigenvalue weighted by atomic mass is 28.3. The van der Waals surface area contributed by atoms with Crippen LogP contribution in [0.3, 0.4) is 0 Å². The Balaban J connectivity index is 3.42. The number of ether oxygens (including phenoxy) is 3. The van der Waals surface area contributed by atoms with Crippen LogP contribution in [0.1, 0.15) is 20.8 Å². The number of hydrogen-bond donors (Lipinski definition) is 2. The van der Waals surface area contributed by atoms with Crippen LogP contribution in [0, 0.1) is 0 Å². The molecule has 128 valence electrons. The first-order valence-electron chi connectivity index (χ1n) is 7.96. The van der Waals surface area contributed by atoms with Gasteiger partial charge in [-0.1, -0.05) is 19.6 Å². The van der Waals surface area contributed by atoms with Crippen LogP contribution in [-0.2, 0) is 14.2 Å². The lowest BCUT2D eigenvalue weighted by Crippen LogP contribution is -2.42. The topological polar surface area (TPSA) is 65.7 Å². The van der Waals surface area contributed by atoms with Gasteiger partial charge in [-0.3, -0.25) is 0 Å². The van der Waals surface area contributed by atoms with Gasteiger partial charge in [0.15, 0.2) is 0 Å². The zero-order chi connectivity index (χ0) is 16.3. The van der Waals surface area contributed by atoms with Crippen LogP contribution in [0.15, 0.2) is 0 Å². The van der Waals surface area contributed by atoms with Crippen LogP contribution in [-0.4, -0.2) is 65.5 Å². The van der Waals surface area contributed by atoms with Crippen LogP contribution >= 0.6 is 0 Å². The van der Waals surface area contributed by atoms with E-state index in [-0.39, 0.29) is 12.1 Å². The predicted octanol–water partition coefficient (Wildman–Crippen LogP) is 1.63. The van der Waals surface area contributed by atoms with Gasteiger partial charge in [0, 0.05) is 12.1 Å². The fraction of sp³-hybridized carbons (Fsp3) is 1.00. The Hall–Kier alpha value is 0.0169. The van der Waals surface area contributed by atoms with Crippen molar-refractivity contribution in [2.45, 2.75) is 58.6 Å². The maximum Gasteiger partial charge on any atom is 0.0781 e. The van der Waals surface area contributed by atoms with E-state index in [9.17, 15) is 0 Å². The maximum atomic E-state index is 5.62. The summed E-state index contributed by atoms with van der Waals surface area (Å²) in [5.41, 5.74) is 5.61. The maximum absolute atomic E-state index is 5.62. The van der Waals surface area contributed by atoms with Crippen molar-refractivity contribution < 1.29 is 14.2 Å². The van der Waals surface area contributed by atoms with Gasteiger partial charge < -0.3 is 25.3 Å². The minimum absolute atomic E-state index is 0.0747. The number of nitrogens with one attached hydrogen (secondary N) is 1. The second-order valence-electron chi connectivity index (χ2n) is 7.11. The van der Waals surface area contributed by atoms with Crippen molar-refractivity contribution >= 4 is 8.07 Å². The van der Waals surface area contributed by atoms with E-state index in [1.807, 2.05) is 13.8 Å². The van der Waals surface area contributed by atoms with Gasteiger partial charge in [-0.05, 0) is 26.9 Å². The molecule has 0 heterocycles. The molecule has 3 atom stereocenters. The number of rotatable bonds is 13. The average Bonchev–Trinajstić information content (AvgIpc) is 2.34. The van der Waals surface area contributed by atoms with E-state index < -0.39 is 8.07 Å². The highest BCUT2D eigenvalue weighted by molar-refractivity contribution is 6.76. The molecule has 5 nitrogen and oxygen atoms in total. The molecule has 6 heteroatoms. The van der Waals surface area contributed by atoms with E-state index in [0.717, 1.165) is 12.8 Å². The summed E-state index contributed by atoms with van der Waals surface area (Å²) in [7, 11) is -1.02. The van der Waals surface area contributed by atoms with Gasteiger partial charge in [0.1, 0.15) is 0 Å². The molecule has 0 aliphatic rings. The minimum atomic E-state index is -1.02. The molecular weight excluding hydrogens is 284 g/mol. The molecule has 0 radical (unpaired) electrons. The van der Waals surface area contributed by atoms with Crippen LogP contribution in [0.25, 0.3) is 0 Å². The van der Waals surface area contributed by atoms with Crippen molar-refractivity contribution in [3.63, 3.8) is 0 Å². The fourth-order valence-electron chi connectivity index (χ4n) is 1.58. The van der Waals surface area contributed by atoms with Crippen molar-refractivity contribution in [3.8, 4) is 0 Å². The van der Waals surface area contributed by atoms with E-state index in [2.05, 4.69) is 31.9 Å². The summed E-state index contributed by atoms with van der Waals surface area (Å²) in [5, 5.41) is 3.52. The van der Waals surface area contributed by atoms with E-state index in [0.29, 0.717) is 32.5 Å². The lowest BCUT2D eigenvalue weighted by Gasteiger charge is -2.21. The molecule has 3 N–H and O–H groups in total. The van der Waals surface area contributed by atoms with Crippen molar-refractivity contribution in [1.29, 1.82) is 0 Å². The van der Waals surface area contributed by atoms with Gasteiger partial charge in [-0.25, -0.2) is 0 Å². The highest BCUT2D eigenvalue weighted by Gasteiger charge is 2.13. The van der Waals surface area contributed by atoms with E-state index in [1.54, 1.807) is 0 Å². The van der Waals surface area contributed by atoms with Crippen LogP contribution in [0.2, 0.25) is 19.6 Å². The van der Waals surface area contributed by atoms with Gasteiger partial charge >= 0.3 is 0 Å². The Kier molecular flexibility index (Phi) is 11.6. The lowest BCUT2D eigenvalue weighted by molar-refractivity contribution is -0.0326. The molecule has 0 aromatic heterocycles. The molecule has 0 saturated carbocycles. The van der Waals surface area contributed by atoms with Gasteiger partial charge in [0.05, 0.1) is 47.2 Å². The molecule has 0 amide bonds. The molecule has 0 aromatic carbocycles. The molecule has 0 saturated heterocycles. The van der Waals surface area contributed by atoms with Gasteiger partial charge in [0.25, 0.3) is 0 Å². The summed E-state index contributed by atoms with van der Waals surface area (Å²) in [6, 6.07) is 0.467. The Morgan fingerprint density at radius 3 is 2.19 bits per heavy atom. The predicted molar refractivity (Wildman–Crippen MR) is 91.5 cm³/mol. The van der Waals surface area contributed by atoms with E-state index in [4.69, 9.17) is 19.9 Å². The third-order valence-corrected chi connectivity index (χ3v) is 3.98. The van der Waals surface area contributed by atoms with Gasteiger partial charge in [-0.2, -0.15) is 0 Å². The monoisotopic (exact) mass is 320 g/mol. The molecule has 0 bridgehead atoms. The molecule has 21 heavy (non-hydrogen) atoms. The molecule has 0 rings (SSSR count). The zero-order valence-electron chi connectivity index (χ0n) is 14.8. The van der Waals surface area contributed by atoms with Gasteiger partial charge in [0.2, 0.25) is 0 Å².